The molecule has 158 valence electrons. The van der Waals surface area contributed by atoms with Gasteiger partial charge in [0.15, 0.2) is 5.41 Å². The first kappa shape index (κ1) is 21.4. The molecule has 2 aliphatic rings. The summed E-state index contributed by atoms with van der Waals surface area (Å²) >= 11 is 0. The predicted octanol–water partition coefficient (Wildman–Crippen LogP) is 4.31. The summed E-state index contributed by atoms with van der Waals surface area (Å²) in [4.78, 5) is 2.10. The van der Waals surface area contributed by atoms with Crippen LogP contribution in [0, 0.1) is 68.3 Å². The third kappa shape index (κ3) is 3.36. The minimum Gasteiger partial charge on any atom is -0.305 e. The summed E-state index contributed by atoms with van der Waals surface area (Å²) < 4.78 is 28.6. The molecule has 0 radical (unpaired) electrons. The second kappa shape index (κ2) is 8.35. The summed E-state index contributed by atoms with van der Waals surface area (Å²) in [5.41, 5.74) is -0.680. The lowest BCUT2D eigenvalue weighted by molar-refractivity contribution is 0.196. The van der Waals surface area contributed by atoms with Crippen LogP contribution in [-0.4, -0.2) is 23.7 Å². The number of fused-ring (bicyclic) bond motifs is 1. The van der Waals surface area contributed by atoms with Crippen LogP contribution >= 0.6 is 0 Å². The lowest BCUT2D eigenvalue weighted by Crippen LogP contribution is -2.53. The molecule has 0 aromatic heterocycles. The van der Waals surface area contributed by atoms with Gasteiger partial charge >= 0.3 is 0 Å². The van der Waals surface area contributed by atoms with Crippen LogP contribution in [0.5, 0.6) is 0 Å². The van der Waals surface area contributed by atoms with E-state index in [1.807, 2.05) is 48.5 Å². The highest BCUT2D eigenvalue weighted by atomic mass is 19.1. The molecule has 1 fully saturated rings. The van der Waals surface area contributed by atoms with Crippen LogP contribution in [-0.2, 0) is 6.54 Å². The minimum atomic E-state index is -2.03. The first-order chi connectivity index (χ1) is 15.4. The van der Waals surface area contributed by atoms with Crippen molar-refractivity contribution in [3.05, 3.63) is 82.9 Å². The van der Waals surface area contributed by atoms with Gasteiger partial charge in [0.25, 0.3) is 0 Å². The summed E-state index contributed by atoms with van der Waals surface area (Å²) in [6.07, 6.45) is 1.85. The second-order valence-corrected chi connectivity index (χ2v) is 8.14. The maximum absolute atomic E-state index is 14.9. The molecule has 1 aliphatic heterocycles. The smallest absolute Gasteiger partial charge is 0.189 e. The molecule has 0 bridgehead atoms. The number of nitrogens with one attached hydrogen (secondary N) is 1. The van der Waals surface area contributed by atoms with Crippen molar-refractivity contribution in [2.45, 2.75) is 12.5 Å². The summed E-state index contributed by atoms with van der Waals surface area (Å²) in [6, 6.07) is 18.7. The number of hydrogen-bond donors (Lipinski definition) is 1. The van der Waals surface area contributed by atoms with Gasteiger partial charge in [0.1, 0.15) is 17.6 Å². The van der Waals surface area contributed by atoms with Crippen molar-refractivity contribution in [3.8, 4) is 18.2 Å². The molecule has 2 aromatic carbocycles. The zero-order valence-electron chi connectivity index (χ0n) is 17.1. The van der Waals surface area contributed by atoms with E-state index in [2.05, 4.69) is 11.0 Å². The van der Waals surface area contributed by atoms with Gasteiger partial charge in [-0.05, 0) is 22.8 Å². The molecular weight excluding hydrogens is 408 g/mol. The maximum Gasteiger partial charge on any atom is 0.189 e. The van der Waals surface area contributed by atoms with Crippen LogP contribution in [0.25, 0.3) is 0 Å². The van der Waals surface area contributed by atoms with Crippen LogP contribution in [0.3, 0.4) is 0 Å². The largest absolute Gasteiger partial charge is 0.305 e. The SMILES string of the molecule is N#CC1C(=N)C(C#N)(C#N)[C@@H](c2ccc(F)cc2F)[C@H]2CN(Cc3ccccc3)CC=C12. The molecule has 0 saturated heterocycles. The number of benzene rings is 2. The normalized spacial score (nSPS) is 24.4. The first-order valence-corrected chi connectivity index (χ1v) is 10.2. The Hall–Kier alpha value is -3.86. The average molecular weight is 427 g/mol. The lowest BCUT2D eigenvalue weighted by Gasteiger charge is -2.47. The number of halogens is 2. The average Bonchev–Trinajstić information content (AvgIpc) is 2.80. The van der Waals surface area contributed by atoms with E-state index >= 15 is 0 Å². The highest BCUT2D eigenvalue weighted by molar-refractivity contribution is 6.00. The van der Waals surface area contributed by atoms with E-state index in [4.69, 9.17) is 5.41 Å². The monoisotopic (exact) mass is 427 g/mol. The van der Waals surface area contributed by atoms with Gasteiger partial charge in [0.05, 0.1) is 23.9 Å². The Kier molecular flexibility index (Phi) is 5.57. The summed E-state index contributed by atoms with van der Waals surface area (Å²) in [5.74, 6) is -4.26. The van der Waals surface area contributed by atoms with Gasteiger partial charge in [-0.1, -0.05) is 42.5 Å². The number of nitrogens with zero attached hydrogens (tertiary/aromatic N) is 4. The van der Waals surface area contributed by atoms with Gasteiger partial charge in [-0.3, -0.25) is 4.90 Å². The Morgan fingerprint density at radius 2 is 1.78 bits per heavy atom. The van der Waals surface area contributed by atoms with Gasteiger partial charge < -0.3 is 5.41 Å². The third-order valence-electron chi connectivity index (χ3n) is 6.41. The molecule has 0 amide bonds. The van der Waals surface area contributed by atoms with E-state index in [9.17, 15) is 24.6 Å². The standard InChI is InChI=1S/C25H19F2N5/c26-17-6-7-19(22(27)10-17)23-21-13-32(12-16-4-2-1-3-5-16)9-8-18(21)20(11-28)24(31)25(23,14-29)15-30/h1-8,10,20-21,23,31H,9,12-13H2/t20?,21-,23-/m0/s1. The molecule has 7 heteroatoms. The Morgan fingerprint density at radius 3 is 2.41 bits per heavy atom. The van der Waals surface area contributed by atoms with Crippen molar-refractivity contribution in [1.29, 1.82) is 21.2 Å². The Morgan fingerprint density at radius 1 is 1.06 bits per heavy atom. The van der Waals surface area contributed by atoms with Crippen molar-refractivity contribution in [3.63, 3.8) is 0 Å². The molecule has 1 saturated carbocycles. The molecular formula is C25H19F2N5. The Bertz CT molecular complexity index is 1200. The molecule has 1 heterocycles. The summed E-state index contributed by atoms with van der Waals surface area (Å²) in [7, 11) is 0. The van der Waals surface area contributed by atoms with E-state index in [-0.39, 0.29) is 11.3 Å². The highest BCUT2D eigenvalue weighted by Crippen LogP contribution is 2.53. The molecule has 1 N–H and O–H groups in total. The topological polar surface area (TPSA) is 98.5 Å². The fraction of sp³-hybridized carbons (Fsp3) is 0.280. The van der Waals surface area contributed by atoms with Crippen molar-refractivity contribution in [2.75, 3.05) is 13.1 Å². The van der Waals surface area contributed by atoms with Crippen molar-refractivity contribution >= 4 is 5.71 Å². The number of nitriles is 3. The quantitative estimate of drug-likeness (QED) is 0.738. The zero-order chi connectivity index (χ0) is 22.9. The molecule has 2 aromatic rings. The Labute approximate surface area is 184 Å². The van der Waals surface area contributed by atoms with Crippen LogP contribution in [0.2, 0.25) is 0 Å². The fourth-order valence-corrected chi connectivity index (χ4v) is 4.94. The van der Waals surface area contributed by atoms with Crippen LogP contribution < -0.4 is 0 Å². The molecule has 1 unspecified atom stereocenters. The Balaban J connectivity index is 1.84. The van der Waals surface area contributed by atoms with E-state index in [1.165, 1.54) is 6.07 Å². The first-order valence-electron chi connectivity index (χ1n) is 10.2. The molecule has 4 rings (SSSR count). The van der Waals surface area contributed by atoms with E-state index in [1.54, 1.807) is 0 Å². The maximum atomic E-state index is 14.9. The van der Waals surface area contributed by atoms with Crippen molar-refractivity contribution < 1.29 is 8.78 Å². The highest BCUT2D eigenvalue weighted by Gasteiger charge is 2.58. The lowest BCUT2D eigenvalue weighted by atomic mass is 9.54. The summed E-state index contributed by atoms with van der Waals surface area (Å²) in [6.45, 7) is 1.50. The van der Waals surface area contributed by atoms with E-state index in [0.717, 1.165) is 17.7 Å². The molecule has 3 atom stereocenters. The zero-order valence-corrected chi connectivity index (χ0v) is 17.1. The van der Waals surface area contributed by atoms with Gasteiger partial charge in [0.2, 0.25) is 0 Å². The van der Waals surface area contributed by atoms with Gasteiger partial charge in [-0.15, -0.1) is 0 Å². The van der Waals surface area contributed by atoms with Crippen LogP contribution in [0.15, 0.2) is 60.2 Å². The number of rotatable bonds is 3. The van der Waals surface area contributed by atoms with Crippen LogP contribution in [0.1, 0.15) is 17.0 Å². The summed E-state index contributed by atoms with van der Waals surface area (Å²) in [5, 5.41) is 38.4. The third-order valence-corrected chi connectivity index (χ3v) is 6.41. The molecule has 0 spiro atoms. The predicted molar refractivity (Wildman–Crippen MR) is 113 cm³/mol. The fourth-order valence-electron chi connectivity index (χ4n) is 4.94. The number of hydrogen-bond acceptors (Lipinski definition) is 5. The molecule has 32 heavy (non-hydrogen) atoms. The van der Waals surface area contributed by atoms with Crippen LogP contribution in [0.4, 0.5) is 8.78 Å². The van der Waals surface area contributed by atoms with Crippen molar-refractivity contribution in [1.82, 2.24) is 4.90 Å². The molecule has 1 aliphatic carbocycles. The second-order valence-electron chi connectivity index (χ2n) is 8.14. The van der Waals surface area contributed by atoms with Gasteiger partial charge in [-0.25, -0.2) is 8.78 Å². The van der Waals surface area contributed by atoms with E-state index in [0.29, 0.717) is 25.2 Å². The minimum absolute atomic E-state index is 0.00750. The van der Waals surface area contributed by atoms with Crippen molar-refractivity contribution in [2.24, 2.45) is 17.3 Å². The van der Waals surface area contributed by atoms with Gasteiger partial charge in [0, 0.05) is 37.5 Å². The van der Waals surface area contributed by atoms with E-state index < -0.39 is 34.8 Å². The molecule has 5 nitrogen and oxygen atoms in total. The van der Waals surface area contributed by atoms with Gasteiger partial charge in [-0.2, -0.15) is 15.8 Å².